The number of amides is 1. The Bertz CT molecular complexity index is 939. The van der Waals surface area contributed by atoms with Crippen LogP contribution in [-0.4, -0.2) is 58.0 Å². The fraction of sp³-hybridized carbons (Fsp3) is 0.526. The lowest BCUT2D eigenvalue weighted by Crippen LogP contribution is -2.39. The Kier molecular flexibility index (Phi) is 4.97. The lowest BCUT2D eigenvalue weighted by molar-refractivity contribution is 0.0703. The van der Waals surface area contributed by atoms with E-state index in [0.29, 0.717) is 18.7 Å². The lowest BCUT2D eigenvalue weighted by Gasteiger charge is -2.32. The van der Waals surface area contributed by atoms with Crippen molar-refractivity contribution in [2.24, 2.45) is 7.05 Å². The number of hydrogen-bond donors (Lipinski definition) is 0. The largest absolute Gasteiger partial charge is 0.338 e. The highest BCUT2D eigenvalue weighted by Gasteiger charge is 2.29. The fourth-order valence-corrected chi connectivity index (χ4v) is 3.70. The first-order valence-corrected chi connectivity index (χ1v) is 9.70. The minimum absolute atomic E-state index is 0.0393. The Hall–Kier alpha value is -2.97. The van der Waals surface area contributed by atoms with Crippen LogP contribution in [0.25, 0.3) is 0 Å². The van der Waals surface area contributed by atoms with Crippen molar-refractivity contribution < 1.29 is 4.79 Å². The van der Waals surface area contributed by atoms with Crippen LogP contribution in [0.4, 0.5) is 0 Å². The molecule has 1 aliphatic rings. The Balaban J connectivity index is 1.47. The highest BCUT2D eigenvalue weighted by Crippen LogP contribution is 2.27. The van der Waals surface area contributed by atoms with E-state index in [-0.39, 0.29) is 17.9 Å². The number of likely N-dealkylation sites (tertiary alicyclic amines) is 1. The van der Waals surface area contributed by atoms with Crippen LogP contribution in [0.15, 0.2) is 31.1 Å². The topological polar surface area (TPSA) is 86.7 Å². The van der Waals surface area contributed by atoms with Crippen LogP contribution in [0, 0.1) is 0 Å². The highest BCUT2D eigenvalue weighted by molar-refractivity contribution is 5.93. The van der Waals surface area contributed by atoms with Crippen molar-refractivity contribution in [3.8, 4) is 0 Å². The molecule has 1 fully saturated rings. The predicted octanol–water partition coefficient (Wildman–Crippen LogP) is 1.86. The van der Waals surface area contributed by atoms with E-state index in [1.807, 2.05) is 47.4 Å². The van der Waals surface area contributed by atoms with Gasteiger partial charge in [0.1, 0.15) is 5.82 Å². The molecule has 148 valence electrons. The average molecular weight is 382 g/mol. The first-order chi connectivity index (χ1) is 13.5. The molecular weight excluding hydrogens is 356 g/mol. The van der Waals surface area contributed by atoms with E-state index in [9.17, 15) is 4.79 Å². The summed E-state index contributed by atoms with van der Waals surface area (Å²) in [6.07, 6.45) is 10.9. The minimum Gasteiger partial charge on any atom is -0.338 e. The first-order valence-electron chi connectivity index (χ1n) is 9.70. The molecule has 1 amide bonds. The third kappa shape index (κ3) is 3.56. The van der Waals surface area contributed by atoms with Gasteiger partial charge in [0.2, 0.25) is 0 Å². The van der Waals surface area contributed by atoms with E-state index in [2.05, 4.69) is 24.8 Å². The minimum atomic E-state index is 0.0393. The van der Waals surface area contributed by atoms with Crippen molar-refractivity contribution in [2.45, 2.75) is 45.2 Å². The zero-order valence-corrected chi connectivity index (χ0v) is 16.6. The molecule has 0 radical (unpaired) electrons. The summed E-state index contributed by atoms with van der Waals surface area (Å²) in [6, 6.07) is 0.239. The van der Waals surface area contributed by atoms with E-state index < -0.39 is 0 Å². The van der Waals surface area contributed by atoms with Crippen molar-refractivity contribution in [3.05, 3.63) is 48.3 Å². The van der Waals surface area contributed by atoms with Gasteiger partial charge in [-0.25, -0.2) is 4.98 Å². The molecular formula is C19H26N8O. The van der Waals surface area contributed by atoms with Crippen molar-refractivity contribution in [2.75, 3.05) is 13.1 Å². The number of hydrogen-bond acceptors (Lipinski definition) is 5. The molecule has 4 heterocycles. The third-order valence-electron chi connectivity index (χ3n) is 5.33. The summed E-state index contributed by atoms with van der Waals surface area (Å²) >= 11 is 0. The van der Waals surface area contributed by atoms with E-state index in [1.54, 1.807) is 18.7 Å². The molecule has 3 aromatic rings. The van der Waals surface area contributed by atoms with Gasteiger partial charge in [-0.2, -0.15) is 5.10 Å². The van der Waals surface area contributed by atoms with Crippen LogP contribution in [0.2, 0.25) is 0 Å². The maximum atomic E-state index is 12.9. The molecule has 0 spiro atoms. The second kappa shape index (κ2) is 7.57. The van der Waals surface area contributed by atoms with Gasteiger partial charge in [-0.1, -0.05) is 0 Å². The van der Waals surface area contributed by atoms with Crippen molar-refractivity contribution in [1.29, 1.82) is 0 Å². The quantitative estimate of drug-likeness (QED) is 0.672. The second-order valence-electron chi connectivity index (χ2n) is 7.66. The zero-order valence-electron chi connectivity index (χ0n) is 16.6. The summed E-state index contributed by atoms with van der Waals surface area (Å²) in [4.78, 5) is 18.9. The van der Waals surface area contributed by atoms with Crippen molar-refractivity contribution >= 4 is 5.91 Å². The fourth-order valence-electron chi connectivity index (χ4n) is 3.70. The molecule has 0 aromatic carbocycles. The molecule has 1 aliphatic heterocycles. The molecule has 0 saturated carbocycles. The van der Waals surface area contributed by atoms with Gasteiger partial charge >= 0.3 is 0 Å². The smallest absolute Gasteiger partial charge is 0.257 e. The van der Waals surface area contributed by atoms with Gasteiger partial charge in [-0.15, -0.1) is 10.2 Å². The van der Waals surface area contributed by atoms with Crippen molar-refractivity contribution in [3.63, 3.8) is 0 Å². The average Bonchev–Trinajstić information content (AvgIpc) is 3.44. The van der Waals surface area contributed by atoms with Gasteiger partial charge in [0.25, 0.3) is 5.91 Å². The van der Waals surface area contributed by atoms with Gasteiger partial charge in [0.05, 0.1) is 24.6 Å². The SMILES string of the molecule is CC(C)n1cc(C(=O)N2CCC[C@@H](c3nnc(Cn4ccnc4)n3C)C2)cn1. The van der Waals surface area contributed by atoms with Crippen LogP contribution < -0.4 is 0 Å². The molecule has 28 heavy (non-hydrogen) atoms. The maximum absolute atomic E-state index is 12.9. The number of nitrogens with zero attached hydrogens (tertiary/aromatic N) is 8. The van der Waals surface area contributed by atoms with Crippen LogP contribution in [0.3, 0.4) is 0 Å². The molecule has 1 atom stereocenters. The normalized spacial score (nSPS) is 17.4. The summed E-state index contributed by atoms with van der Waals surface area (Å²) in [5, 5.41) is 13.1. The monoisotopic (exact) mass is 382 g/mol. The van der Waals surface area contributed by atoms with Gasteiger partial charge in [0.15, 0.2) is 5.82 Å². The Labute approximate surface area is 164 Å². The number of piperidine rings is 1. The molecule has 3 aromatic heterocycles. The Morgan fingerprint density at radius 2 is 2.18 bits per heavy atom. The van der Waals surface area contributed by atoms with E-state index >= 15 is 0 Å². The number of aromatic nitrogens is 7. The molecule has 0 N–H and O–H groups in total. The van der Waals surface area contributed by atoms with Gasteiger partial charge in [-0.05, 0) is 26.7 Å². The van der Waals surface area contributed by atoms with Crippen LogP contribution in [-0.2, 0) is 13.6 Å². The van der Waals surface area contributed by atoms with Gasteiger partial charge in [0, 0.05) is 50.7 Å². The summed E-state index contributed by atoms with van der Waals surface area (Å²) in [5.74, 6) is 2.05. The maximum Gasteiger partial charge on any atom is 0.257 e. The number of rotatable bonds is 5. The standard InChI is InChI=1S/C19H26N8O/c1-14(2)27-11-16(9-21-27)19(28)26-7-4-5-15(10-26)18-23-22-17(24(18)3)12-25-8-6-20-13-25/h6,8-9,11,13-15H,4-5,7,10,12H2,1-3H3/t15-/m1/s1. The third-order valence-corrected chi connectivity index (χ3v) is 5.33. The Morgan fingerprint density at radius 3 is 2.89 bits per heavy atom. The molecule has 0 bridgehead atoms. The summed E-state index contributed by atoms with van der Waals surface area (Å²) in [5.41, 5.74) is 0.646. The summed E-state index contributed by atoms with van der Waals surface area (Å²) in [6.45, 7) is 6.15. The van der Waals surface area contributed by atoms with Crippen LogP contribution in [0.1, 0.15) is 60.7 Å². The lowest BCUT2D eigenvalue weighted by atomic mass is 9.96. The molecule has 9 heteroatoms. The number of carbonyl (C=O) groups is 1. The van der Waals surface area contributed by atoms with Gasteiger partial charge < -0.3 is 14.0 Å². The number of imidazole rings is 1. The van der Waals surface area contributed by atoms with Crippen molar-refractivity contribution in [1.82, 2.24) is 39.0 Å². The molecule has 4 rings (SSSR count). The molecule has 9 nitrogen and oxygen atoms in total. The van der Waals surface area contributed by atoms with E-state index in [4.69, 9.17) is 0 Å². The highest BCUT2D eigenvalue weighted by atomic mass is 16.2. The first kappa shape index (κ1) is 18.4. The predicted molar refractivity (Wildman–Crippen MR) is 103 cm³/mol. The summed E-state index contributed by atoms with van der Waals surface area (Å²) in [7, 11) is 2.00. The van der Waals surface area contributed by atoms with Gasteiger partial charge in [-0.3, -0.25) is 9.48 Å². The Morgan fingerprint density at radius 1 is 1.32 bits per heavy atom. The molecule has 1 saturated heterocycles. The summed E-state index contributed by atoms with van der Waals surface area (Å²) < 4.78 is 5.84. The number of carbonyl (C=O) groups excluding carboxylic acids is 1. The molecule has 0 aliphatic carbocycles. The zero-order chi connectivity index (χ0) is 19.7. The van der Waals surface area contributed by atoms with E-state index in [0.717, 1.165) is 31.0 Å². The van der Waals surface area contributed by atoms with Crippen LogP contribution in [0.5, 0.6) is 0 Å². The van der Waals surface area contributed by atoms with Crippen LogP contribution >= 0.6 is 0 Å². The second-order valence-corrected chi connectivity index (χ2v) is 7.66. The van der Waals surface area contributed by atoms with E-state index in [1.165, 1.54) is 0 Å². The molecule has 0 unspecified atom stereocenters.